The predicted octanol–water partition coefficient (Wildman–Crippen LogP) is 3.82. The molecule has 27 heavy (non-hydrogen) atoms. The largest absolute Gasteiger partial charge is 0.497 e. The third-order valence-corrected chi connectivity index (χ3v) is 4.31. The summed E-state index contributed by atoms with van der Waals surface area (Å²) < 4.78 is 12.4. The van der Waals surface area contributed by atoms with Crippen molar-refractivity contribution in [1.29, 1.82) is 0 Å². The van der Waals surface area contributed by atoms with Crippen LogP contribution in [0.2, 0.25) is 0 Å². The SMILES string of the molecule is COc1ccc(NC(=O)c2ccc(Cn3nc(C)cc3C)cc2)c(OC)c1. The van der Waals surface area contributed by atoms with E-state index in [1.807, 2.05) is 48.9 Å². The molecule has 1 heterocycles. The van der Waals surface area contributed by atoms with Gasteiger partial charge in [-0.15, -0.1) is 0 Å². The van der Waals surface area contributed by atoms with Gasteiger partial charge in [0.1, 0.15) is 11.5 Å². The Morgan fingerprint density at radius 2 is 1.78 bits per heavy atom. The highest BCUT2D eigenvalue weighted by Crippen LogP contribution is 2.29. The number of carbonyl (C=O) groups excluding carboxylic acids is 1. The summed E-state index contributed by atoms with van der Waals surface area (Å²) in [5.41, 5.74) is 4.36. The van der Waals surface area contributed by atoms with Gasteiger partial charge in [0.15, 0.2) is 0 Å². The van der Waals surface area contributed by atoms with Crippen molar-refractivity contribution in [2.45, 2.75) is 20.4 Å². The summed E-state index contributed by atoms with van der Waals surface area (Å²) in [5.74, 6) is 1.01. The van der Waals surface area contributed by atoms with Gasteiger partial charge >= 0.3 is 0 Å². The molecule has 1 amide bonds. The quantitative estimate of drug-likeness (QED) is 0.721. The van der Waals surface area contributed by atoms with E-state index in [1.54, 1.807) is 32.4 Å². The molecule has 2 aromatic carbocycles. The van der Waals surface area contributed by atoms with E-state index in [1.165, 1.54) is 0 Å². The Balaban J connectivity index is 1.71. The molecule has 0 unspecified atom stereocenters. The molecule has 1 aromatic heterocycles. The summed E-state index contributed by atoms with van der Waals surface area (Å²) >= 11 is 0. The van der Waals surface area contributed by atoms with Crippen LogP contribution in [0.1, 0.15) is 27.3 Å². The van der Waals surface area contributed by atoms with Crippen molar-refractivity contribution in [2.75, 3.05) is 19.5 Å². The first-order valence-electron chi connectivity index (χ1n) is 8.63. The van der Waals surface area contributed by atoms with Crippen LogP contribution in [-0.4, -0.2) is 29.9 Å². The molecule has 3 rings (SSSR count). The maximum atomic E-state index is 12.5. The monoisotopic (exact) mass is 365 g/mol. The Labute approximate surface area is 158 Å². The van der Waals surface area contributed by atoms with E-state index < -0.39 is 0 Å². The number of aryl methyl sites for hydroxylation is 2. The first-order chi connectivity index (χ1) is 13.0. The standard InChI is InChI=1S/C21H23N3O3/c1-14-11-15(2)24(23-14)13-16-5-7-17(8-6-16)21(25)22-19-10-9-18(26-3)12-20(19)27-4/h5-12H,13H2,1-4H3,(H,22,25). The van der Waals surface area contributed by atoms with E-state index >= 15 is 0 Å². The molecular formula is C21H23N3O3. The summed E-state index contributed by atoms with van der Waals surface area (Å²) in [5, 5.41) is 7.34. The van der Waals surface area contributed by atoms with Crippen LogP contribution < -0.4 is 14.8 Å². The molecule has 0 aliphatic carbocycles. The van der Waals surface area contributed by atoms with Gasteiger partial charge in [-0.3, -0.25) is 9.48 Å². The van der Waals surface area contributed by atoms with Gasteiger partial charge in [0.05, 0.1) is 32.1 Å². The van der Waals surface area contributed by atoms with E-state index in [-0.39, 0.29) is 5.91 Å². The third-order valence-electron chi connectivity index (χ3n) is 4.31. The van der Waals surface area contributed by atoms with Crippen LogP contribution in [0.15, 0.2) is 48.5 Å². The lowest BCUT2D eigenvalue weighted by Gasteiger charge is -2.12. The summed E-state index contributed by atoms with van der Waals surface area (Å²) in [6.07, 6.45) is 0. The van der Waals surface area contributed by atoms with Crippen molar-refractivity contribution in [1.82, 2.24) is 9.78 Å². The highest BCUT2D eigenvalue weighted by atomic mass is 16.5. The molecule has 140 valence electrons. The number of methoxy groups -OCH3 is 2. The van der Waals surface area contributed by atoms with Crippen LogP contribution in [0.25, 0.3) is 0 Å². The van der Waals surface area contributed by atoms with Gasteiger partial charge in [0.2, 0.25) is 0 Å². The Hall–Kier alpha value is -3.28. The number of carbonyl (C=O) groups is 1. The van der Waals surface area contributed by atoms with Crippen LogP contribution in [0.4, 0.5) is 5.69 Å². The summed E-state index contributed by atoms with van der Waals surface area (Å²) in [4.78, 5) is 12.5. The Bertz CT molecular complexity index is 946. The van der Waals surface area contributed by atoms with E-state index in [0.29, 0.717) is 29.3 Å². The minimum Gasteiger partial charge on any atom is -0.497 e. The zero-order valence-electron chi connectivity index (χ0n) is 15.9. The van der Waals surface area contributed by atoms with Gasteiger partial charge in [-0.25, -0.2) is 0 Å². The number of hydrogen-bond acceptors (Lipinski definition) is 4. The molecule has 6 nitrogen and oxygen atoms in total. The highest BCUT2D eigenvalue weighted by Gasteiger charge is 2.11. The van der Waals surface area contributed by atoms with E-state index in [0.717, 1.165) is 17.0 Å². The normalized spacial score (nSPS) is 10.5. The van der Waals surface area contributed by atoms with Crippen molar-refractivity contribution in [3.63, 3.8) is 0 Å². The Morgan fingerprint density at radius 3 is 2.37 bits per heavy atom. The third kappa shape index (κ3) is 4.28. The number of aromatic nitrogens is 2. The number of ether oxygens (including phenoxy) is 2. The van der Waals surface area contributed by atoms with Gasteiger partial charge in [0.25, 0.3) is 5.91 Å². The van der Waals surface area contributed by atoms with Crippen molar-refractivity contribution >= 4 is 11.6 Å². The first kappa shape index (κ1) is 18.5. The van der Waals surface area contributed by atoms with Gasteiger partial charge in [-0.1, -0.05) is 12.1 Å². The van der Waals surface area contributed by atoms with Crippen LogP contribution in [0, 0.1) is 13.8 Å². The molecule has 3 aromatic rings. The molecule has 0 saturated carbocycles. The van der Waals surface area contributed by atoms with Crippen molar-refractivity contribution < 1.29 is 14.3 Å². The fourth-order valence-electron chi connectivity index (χ4n) is 2.87. The summed E-state index contributed by atoms with van der Waals surface area (Å²) in [6, 6.07) is 14.8. The second-order valence-corrected chi connectivity index (χ2v) is 6.30. The minimum atomic E-state index is -0.198. The lowest BCUT2D eigenvalue weighted by atomic mass is 10.1. The topological polar surface area (TPSA) is 65.4 Å². The first-order valence-corrected chi connectivity index (χ1v) is 8.63. The molecule has 0 bridgehead atoms. The van der Waals surface area contributed by atoms with Gasteiger partial charge < -0.3 is 14.8 Å². The fraction of sp³-hybridized carbons (Fsp3) is 0.238. The van der Waals surface area contributed by atoms with Gasteiger partial charge in [-0.05, 0) is 49.7 Å². The average Bonchev–Trinajstić information content (AvgIpc) is 2.99. The molecule has 0 aliphatic rings. The molecule has 1 N–H and O–H groups in total. The number of anilines is 1. The molecule has 0 fully saturated rings. The summed E-state index contributed by atoms with van der Waals surface area (Å²) in [7, 11) is 3.14. The molecular weight excluding hydrogens is 342 g/mol. The van der Waals surface area contributed by atoms with E-state index in [9.17, 15) is 4.79 Å². The smallest absolute Gasteiger partial charge is 0.255 e. The second-order valence-electron chi connectivity index (χ2n) is 6.30. The number of benzene rings is 2. The number of nitrogens with zero attached hydrogens (tertiary/aromatic N) is 2. The zero-order valence-corrected chi connectivity index (χ0v) is 15.9. The number of amides is 1. The van der Waals surface area contributed by atoms with E-state index in [2.05, 4.69) is 10.4 Å². The number of nitrogens with one attached hydrogen (secondary N) is 1. The molecule has 0 aliphatic heterocycles. The van der Waals surface area contributed by atoms with Gasteiger partial charge in [0, 0.05) is 17.3 Å². The highest BCUT2D eigenvalue weighted by molar-refractivity contribution is 6.05. The van der Waals surface area contributed by atoms with Crippen molar-refractivity contribution in [3.05, 3.63) is 71.0 Å². The molecule has 0 spiro atoms. The second kappa shape index (κ2) is 7.95. The average molecular weight is 365 g/mol. The number of hydrogen-bond donors (Lipinski definition) is 1. The van der Waals surface area contributed by atoms with Crippen LogP contribution in [0.3, 0.4) is 0 Å². The maximum Gasteiger partial charge on any atom is 0.255 e. The van der Waals surface area contributed by atoms with Crippen LogP contribution in [0.5, 0.6) is 11.5 Å². The lowest BCUT2D eigenvalue weighted by molar-refractivity contribution is 0.102. The molecule has 0 atom stereocenters. The molecule has 0 saturated heterocycles. The molecule has 0 radical (unpaired) electrons. The Kier molecular flexibility index (Phi) is 5.45. The van der Waals surface area contributed by atoms with Gasteiger partial charge in [-0.2, -0.15) is 5.10 Å². The maximum absolute atomic E-state index is 12.5. The van der Waals surface area contributed by atoms with E-state index in [4.69, 9.17) is 9.47 Å². The lowest BCUT2D eigenvalue weighted by Crippen LogP contribution is -2.13. The fourth-order valence-corrected chi connectivity index (χ4v) is 2.87. The molecule has 6 heteroatoms. The van der Waals surface area contributed by atoms with Crippen LogP contribution in [-0.2, 0) is 6.54 Å². The predicted molar refractivity (Wildman–Crippen MR) is 105 cm³/mol. The van der Waals surface area contributed by atoms with Crippen molar-refractivity contribution in [2.24, 2.45) is 0 Å². The minimum absolute atomic E-state index is 0.198. The van der Waals surface area contributed by atoms with Crippen molar-refractivity contribution in [3.8, 4) is 11.5 Å². The Morgan fingerprint density at radius 1 is 1.04 bits per heavy atom. The number of rotatable bonds is 6. The zero-order chi connectivity index (χ0) is 19.4. The summed E-state index contributed by atoms with van der Waals surface area (Å²) in [6.45, 7) is 4.68. The van der Waals surface area contributed by atoms with Crippen LogP contribution >= 0.6 is 0 Å².